The lowest BCUT2D eigenvalue weighted by atomic mass is 10.3. The molecule has 1 aliphatic rings. The van der Waals surface area contributed by atoms with E-state index in [1.165, 1.54) is 0 Å². The Hall–Kier alpha value is -3.69. The van der Waals surface area contributed by atoms with Crippen molar-refractivity contribution in [2.75, 3.05) is 41.4 Å². The van der Waals surface area contributed by atoms with Crippen molar-refractivity contribution in [1.29, 1.82) is 0 Å². The summed E-state index contributed by atoms with van der Waals surface area (Å²) in [5, 5.41) is 12.5. The zero-order valence-corrected chi connectivity index (χ0v) is 14.5. The molecule has 3 aromatic rings. The molecular formula is C17H18N8O2. The summed E-state index contributed by atoms with van der Waals surface area (Å²) in [6.45, 7) is 2.94. The van der Waals surface area contributed by atoms with E-state index in [-0.39, 0.29) is 5.88 Å². The van der Waals surface area contributed by atoms with Gasteiger partial charge in [-0.05, 0) is 11.8 Å². The smallest absolute Gasteiger partial charge is 0.276 e. The van der Waals surface area contributed by atoms with Crippen LogP contribution in [0, 0.1) is 0 Å². The van der Waals surface area contributed by atoms with Gasteiger partial charge in [-0.25, -0.2) is 9.97 Å². The van der Waals surface area contributed by atoms with Gasteiger partial charge in [-0.15, -0.1) is 5.01 Å². The standard InChI is InChI=1S/C17H18N8O2/c26-17(20-14-5-2-1-3-6-14)21-15-13-25(22-27-15)24-11-9-23(10-12-24)16-18-7-4-8-19-16/h1-8,13H,9-12H2,(H-,20,21,22,26). The molecule has 10 heteroatoms. The van der Waals surface area contributed by atoms with Crippen LogP contribution in [0.2, 0.25) is 0 Å². The van der Waals surface area contributed by atoms with E-state index in [4.69, 9.17) is 4.52 Å². The Balaban J connectivity index is 1.31. The number of piperazine rings is 1. The molecule has 0 saturated carbocycles. The molecule has 1 aliphatic heterocycles. The molecule has 2 amide bonds. The van der Waals surface area contributed by atoms with Gasteiger partial charge in [0.1, 0.15) is 0 Å². The number of aromatic nitrogens is 4. The molecule has 3 heterocycles. The van der Waals surface area contributed by atoms with Gasteiger partial charge in [0.2, 0.25) is 17.1 Å². The van der Waals surface area contributed by atoms with E-state index in [1.807, 2.05) is 23.2 Å². The molecule has 0 aliphatic carbocycles. The van der Waals surface area contributed by atoms with Crippen molar-refractivity contribution in [3.8, 4) is 0 Å². The Bertz CT molecular complexity index is 878. The number of amides is 2. The highest BCUT2D eigenvalue weighted by Crippen LogP contribution is 2.17. The van der Waals surface area contributed by atoms with Gasteiger partial charge >= 0.3 is 0 Å². The topological polar surface area (TPSA) is 105 Å². The molecule has 2 aromatic heterocycles. The van der Waals surface area contributed by atoms with Gasteiger partial charge in [0.25, 0.3) is 6.20 Å². The molecule has 27 heavy (non-hydrogen) atoms. The minimum atomic E-state index is -0.518. The van der Waals surface area contributed by atoms with E-state index in [2.05, 4.69) is 30.8 Å². The number of hydrogen-bond donors (Lipinski definition) is 1. The lowest BCUT2D eigenvalue weighted by Crippen LogP contribution is -2.65. The molecule has 0 bridgehead atoms. The lowest BCUT2D eigenvalue weighted by Gasteiger charge is -2.29. The van der Waals surface area contributed by atoms with Crippen molar-refractivity contribution in [2.24, 2.45) is 0 Å². The van der Waals surface area contributed by atoms with E-state index in [1.54, 1.807) is 41.6 Å². The van der Waals surface area contributed by atoms with Gasteiger partial charge < -0.3 is 20.1 Å². The minimum Gasteiger partial charge on any atom is -0.424 e. The second-order valence-corrected chi connectivity index (χ2v) is 5.86. The summed E-state index contributed by atoms with van der Waals surface area (Å²) in [6, 6.07) is 10.4. The molecule has 1 fully saturated rings. The molecule has 1 N–H and O–H groups in total. The van der Waals surface area contributed by atoms with Crippen molar-refractivity contribution >= 4 is 23.6 Å². The Kier molecular flexibility index (Phi) is 4.77. The maximum Gasteiger partial charge on any atom is 0.276 e. The fourth-order valence-corrected chi connectivity index (χ4v) is 2.74. The highest BCUT2D eigenvalue weighted by Gasteiger charge is 2.26. The largest absolute Gasteiger partial charge is 0.424 e. The van der Waals surface area contributed by atoms with Gasteiger partial charge in [0, 0.05) is 25.5 Å². The van der Waals surface area contributed by atoms with Gasteiger partial charge in [0.05, 0.1) is 17.9 Å². The van der Waals surface area contributed by atoms with Crippen LogP contribution in [0.3, 0.4) is 0 Å². The van der Waals surface area contributed by atoms with Crippen LogP contribution >= 0.6 is 0 Å². The third-order valence-electron chi connectivity index (χ3n) is 4.06. The average Bonchev–Trinajstić information content (AvgIpc) is 3.18. The number of nitrogens with one attached hydrogen (secondary N) is 1. The summed E-state index contributed by atoms with van der Waals surface area (Å²) >= 11 is 0. The first kappa shape index (κ1) is 16.8. The molecule has 0 radical (unpaired) electrons. The fourth-order valence-electron chi connectivity index (χ4n) is 2.74. The van der Waals surface area contributed by atoms with Crippen LogP contribution < -0.4 is 20.0 Å². The summed E-state index contributed by atoms with van der Waals surface area (Å²) < 4.78 is 5.14. The summed E-state index contributed by atoms with van der Waals surface area (Å²) in [5.74, 6) is 0.854. The second kappa shape index (κ2) is 7.68. The average molecular weight is 366 g/mol. The summed E-state index contributed by atoms with van der Waals surface area (Å²) in [4.78, 5) is 24.2. The second-order valence-electron chi connectivity index (χ2n) is 5.86. The third-order valence-corrected chi connectivity index (χ3v) is 4.06. The summed E-state index contributed by atoms with van der Waals surface area (Å²) in [6.07, 6.45) is 5.05. The van der Waals surface area contributed by atoms with E-state index in [9.17, 15) is 4.79 Å². The van der Waals surface area contributed by atoms with Crippen LogP contribution in [0.5, 0.6) is 0 Å². The maximum absolute atomic E-state index is 12.0. The number of rotatable bonds is 4. The minimum absolute atomic E-state index is 0.136. The first-order chi connectivity index (χ1) is 13.3. The summed E-state index contributed by atoms with van der Waals surface area (Å²) in [5.41, 5.74) is 0.665. The van der Waals surface area contributed by atoms with Crippen LogP contribution in [-0.4, -0.2) is 47.4 Å². The van der Waals surface area contributed by atoms with Crippen molar-refractivity contribution in [3.05, 3.63) is 60.3 Å². The van der Waals surface area contributed by atoms with Crippen LogP contribution in [0.15, 0.2) is 59.5 Å². The Morgan fingerprint density at radius 2 is 1.81 bits per heavy atom. The number of benzene rings is 1. The molecule has 10 nitrogen and oxygen atoms in total. The zero-order valence-electron chi connectivity index (χ0n) is 14.5. The van der Waals surface area contributed by atoms with E-state index in [0.717, 1.165) is 19.0 Å². The molecule has 4 rings (SSSR count). The van der Waals surface area contributed by atoms with Gasteiger partial charge in [-0.2, -0.15) is 0 Å². The highest BCUT2D eigenvalue weighted by molar-refractivity contribution is 6.03. The predicted molar refractivity (Wildman–Crippen MR) is 97.4 cm³/mol. The van der Waals surface area contributed by atoms with Crippen LogP contribution in [0.4, 0.5) is 22.3 Å². The molecule has 138 valence electrons. The normalized spacial score (nSPS) is 14.1. The SMILES string of the molecule is O=C([N-]c1c[n+](N2CCN(c3ncccn3)CC2)no1)Nc1ccccc1. The number of urea groups is 1. The van der Waals surface area contributed by atoms with Gasteiger partial charge in [-0.3, -0.25) is 4.79 Å². The monoisotopic (exact) mass is 366 g/mol. The van der Waals surface area contributed by atoms with Crippen molar-refractivity contribution < 1.29 is 14.1 Å². The number of para-hydroxylation sites is 1. The predicted octanol–water partition coefficient (Wildman–Crippen LogP) is 1.45. The number of hydrogen-bond acceptors (Lipinski definition) is 7. The maximum atomic E-state index is 12.0. The van der Waals surface area contributed by atoms with Gasteiger partial charge in [0.15, 0.2) is 6.03 Å². The molecule has 0 atom stereocenters. The first-order valence-corrected chi connectivity index (χ1v) is 8.51. The number of carbonyl (C=O) groups excluding carboxylic acids is 1. The molecular weight excluding hydrogens is 348 g/mol. The van der Waals surface area contributed by atoms with Crippen LogP contribution in [-0.2, 0) is 0 Å². The first-order valence-electron chi connectivity index (χ1n) is 8.51. The molecule has 0 spiro atoms. The van der Waals surface area contributed by atoms with E-state index in [0.29, 0.717) is 18.8 Å². The fraction of sp³-hybridized carbons (Fsp3) is 0.235. The van der Waals surface area contributed by atoms with Crippen molar-refractivity contribution in [2.45, 2.75) is 0 Å². The summed E-state index contributed by atoms with van der Waals surface area (Å²) in [7, 11) is 0. The van der Waals surface area contributed by atoms with E-state index >= 15 is 0 Å². The Morgan fingerprint density at radius 3 is 2.56 bits per heavy atom. The highest BCUT2D eigenvalue weighted by atomic mass is 16.5. The molecule has 1 aromatic carbocycles. The molecule has 0 unspecified atom stereocenters. The zero-order chi connectivity index (χ0) is 18.5. The quantitative estimate of drug-likeness (QED) is 0.697. The van der Waals surface area contributed by atoms with Crippen molar-refractivity contribution in [1.82, 2.24) is 15.2 Å². The van der Waals surface area contributed by atoms with E-state index < -0.39 is 6.03 Å². The lowest BCUT2D eigenvalue weighted by molar-refractivity contribution is -0.758. The Morgan fingerprint density at radius 1 is 1.07 bits per heavy atom. The van der Waals surface area contributed by atoms with Crippen molar-refractivity contribution in [3.63, 3.8) is 0 Å². The number of carbonyl (C=O) groups is 1. The van der Waals surface area contributed by atoms with Crippen LogP contribution in [0.25, 0.3) is 5.32 Å². The Labute approximate surface area is 155 Å². The number of nitrogens with zero attached hydrogens (tertiary/aromatic N) is 7. The number of anilines is 2. The van der Waals surface area contributed by atoms with Crippen LogP contribution in [0.1, 0.15) is 0 Å². The third kappa shape index (κ3) is 4.11. The van der Waals surface area contributed by atoms with Gasteiger partial charge in [-0.1, -0.05) is 30.3 Å². The molecule has 1 saturated heterocycles.